The van der Waals surface area contributed by atoms with Gasteiger partial charge in [-0.05, 0) is 55.7 Å². The smallest absolute Gasteiger partial charge is 0.0323 e. The number of benzene rings is 1. The zero-order valence-corrected chi connectivity index (χ0v) is 12.0. The lowest BCUT2D eigenvalue weighted by Crippen LogP contribution is -2.26. The number of hydrogen-bond donors (Lipinski definition) is 1. The first-order valence-electron chi connectivity index (χ1n) is 8.24. The van der Waals surface area contributed by atoms with Gasteiger partial charge in [0.2, 0.25) is 0 Å². The lowest BCUT2D eigenvalue weighted by atomic mass is 9.87. The van der Waals surface area contributed by atoms with Crippen LogP contribution in [0.25, 0.3) is 0 Å². The van der Waals surface area contributed by atoms with Crippen LogP contribution in [0.3, 0.4) is 0 Å². The van der Waals surface area contributed by atoms with E-state index in [0.717, 1.165) is 5.92 Å². The summed E-state index contributed by atoms with van der Waals surface area (Å²) in [5.41, 5.74) is 3.14. The summed E-state index contributed by atoms with van der Waals surface area (Å²) < 4.78 is 0. The maximum absolute atomic E-state index is 3.80. The van der Waals surface area contributed by atoms with E-state index in [0.29, 0.717) is 6.04 Å². The molecule has 0 spiro atoms. The summed E-state index contributed by atoms with van der Waals surface area (Å²) in [5, 5.41) is 3.80. The summed E-state index contributed by atoms with van der Waals surface area (Å²) in [5.74, 6) is 1.04. The van der Waals surface area contributed by atoms with Crippen molar-refractivity contribution >= 4 is 0 Å². The standard InChI is InChI=1S/C18H27N/c1-2-8-15(7-1)9-6-14-19-18-13-5-11-16-10-3-4-12-17(16)18/h3-4,10,12,15,18-19H,1-2,5-9,11,13-14H2. The third-order valence-corrected chi connectivity index (χ3v) is 5.02. The summed E-state index contributed by atoms with van der Waals surface area (Å²) in [7, 11) is 0. The van der Waals surface area contributed by atoms with Crippen molar-refractivity contribution in [3.63, 3.8) is 0 Å². The van der Waals surface area contributed by atoms with Gasteiger partial charge in [-0.3, -0.25) is 0 Å². The zero-order chi connectivity index (χ0) is 12.9. The molecule has 0 radical (unpaired) electrons. The van der Waals surface area contributed by atoms with Crippen molar-refractivity contribution in [3.8, 4) is 0 Å². The molecule has 104 valence electrons. The second-order valence-electron chi connectivity index (χ2n) is 6.39. The number of fused-ring (bicyclic) bond motifs is 1. The Bertz CT molecular complexity index is 392. The molecular formula is C18H27N. The summed E-state index contributed by atoms with van der Waals surface area (Å²) in [6.07, 6.45) is 12.7. The van der Waals surface area contributed by atoms with Gasteiger partial charge in [-0.2, -0.15) is 0 Å². The van der Waals surface area contributed by atoms with E-state index in [9.17, 15) is 0 Å². The molecule has 2 aliphatic carbocycles. The second-order valence-corrected chi connectivity index (χ2v) is 6.39. The Hall–Kier alpha value is -0.820. The minimum atomic E-state index is 0.619. The van der Waals surface area contributed by atoms with Crippen LogP contribution in [-0.4, -0.2) is 6.54 Å². The van der Waals surface area contributed by atoms with Gasteiger partial charge in [-0.1, -0.05) is 49.9 Å². The van der Waals surface area contributed by atoms with Gasteiger partial charge in [-0.25, -0.2) is 0 Å². The SMILES string of the molecule is c1ccc2c(c1)CCCC2NCCCC1CCCC1. The van der Waals surface area contributed by atoms with Gasteiger partial charge in [0, 0.05) is 6.04 Å². The predicted molar refractivity (Wildman–Crippen MR) is 81.3 cm³/mol. The molecule has 0 aliphatic heterocycles. The summed E-state index contributed by atoms with van der Waals surface area (Å²) in [6.45, 7) is 1.20. The normalized spacial score (nSPS) is 23.5. The van der Waals surface area contributed by atoms with E-state index in [-0.39, 0.29) is 0 Å². The van der Waals surface area contributed by atoms with Crippen LogP contribution in [0, 0.1) is 5.92 Å². The molecule has 1 atom stereocenters. The average molecular weight is 257 g/mol. The van der Waals surface area contributed by atoms with Gasteiger partial charge in [0.15, 0.2) is 0 Å². The first-order chi connectivity index (χ1) is 9.43. The van der Waals surface area contributed by atoms with Crippen LogP contribution in [0.1, 0.15) is 68.5 Å². The van der Waals surface area contributed by atoms with Crippen LogP contribution < -0.4 is 5.32 Å². The molecule has 1 nitrogen and oxygen atoms in total. The Balaban J connectivity index is 1.45. The molecule has 1 heteroatoms. The first kappa shape index (κ1) is 13.2. The molecular weight excluding hydrogens is 230 g/mol. The molecule has 1 unspecified atom stereocenters. The van der Waals surface area contributed by atoms with Crippen LogP contribution in [0.15, 0.2) is 24.3 Å². The highest BCUT2D eigenvalue weighted by Crippen LogP contribution is 2.30. The van der Waals surface area contributed by atoms with Crippen molar-refractivity contribution in [3.05, 3.63) is 35.4 Å². The van der Waals surface area contributed by atoms with Gasteiger partial charge in [0.25, 0.3) is 0 Å². The van der Waals surface area contributed by atoms with E-state index < -0.39 is 0 Å². The fourth-order valence-electron chi connectivity index (χ4n) is 3.93. The molecule has 1 aromatic carbocycles. The fraction of sp³-hybridized carbons (Fsp3) is 0.667. The molecule has 1 aromatic rings. The van der Waals surface area contributed by atoms with Crippen molar-refractivity contribution in [1.29, 1.82) is 0 Å². The van der Waals surface area contributed by atoms with E-state index in [1.54, 1.807) is 11.1 Å². The van der Waals surface area contributed by atoms with Crippen LogP contribution in [0.5, 0.6) is 0 Å². The van der Waals surface area contributed by atoms with Crippen LogP contribution in [0.2, 0.25) is 0 Å². The minimum Gasteiger partial charge on any atom is -0.310 e. The third-order valence-electron chi connectivity index (χ3n) is 5.02. The highest BCUT2D eigenvalue weighted by molar-refractivity contribution is 5.32. The van der Waals surface area contributed by atoms with Gasteiger partial charge in [0.1, 0.15) is 0 Å². The Labute approximate surface area is 117 Å². The van der Waals surface area contributed by atoms with E-state index >= 15 is 0 Å². The topological polar surface area (TPSA) is 12.0 Å². The molecule has 0 amide bonds. The maximum Gasteiger partial charge on any atom is 0.0323 e. The molecule has 0 aromatic heterocycles. The Kier molecular flexibility index (Phi) is 4.55. The highest BCUT2D eigenvalue weighted by Gasteiger charge is 2.19. The molecule has 1 fully saturated rings. The maximum atomic E-state index is 3.80. The van der Waals surface area contributed by atoms with Crippen molar-refractivity contribution < 1.29 is 0 Å². The van der Waals surface area contributed by atoms with E-state index in [1.807, 2.05) is 0 Å². The quantitative estimate of drug-likeness (QED) is 0.759. The molecule has 3 rings (SSSR count). The Morgan fingerprint density at radius 3 is 2.74 bits per heavy atom. The van der Waals surface area contributed by atoms with Crippen molar-refractivity contribution in [1.82, 2.24) is 5.32 Å². The molecule has 19 heavy (non-hydrogen) atoms. The lowest BCUT2D eigenvalue weighted by Gasteiger charge is -2.26. The number of rotatable bonds is 5. The number of aryl methyl sites for hydroxylation is 1. The summed E-state index contributed by atoms with van der Waals surface area (Å²) >= 11 is 0. The van der Waals surface area contributed by atoms with E-state index in [4.69, 9.17) is 0 Å². The third kappa shape index (κ3) is 3.39. The molecule has 1 N–H and O–H groups in total. The van der Waals surface area contributed by atoms with Crippen LogP contribution in [0.4, 0.5) is 0 Å². The number of nitrogens with one attached hydrogen (secondary N) is 1. The largest absolute Gasteiger partial charge is 0.310 e. The van der Waals surface area contributed by atoms with Crippen LogP contribution >= 0.6 is 0 Å². The highest BCUT2D eigenvalue weighted by atomic mass is 14.9. The van der Waals surface area contributed by atoms with Crippen molar-refractivity contribution in [2.75, 3.05) is 6.54 Å². The Morgan fingerprint density at radius 2 is 1.84 bits per heavy atom. The zero-order valence-electron chi connectivity index (χ0n) is 12.0. The second kappa shape index (κ2) is 6.56. The van der Waals surface area contributed by atoms with Gasteiger partial charge in [0.05, 0.1) is 0 Å². The molecule has 0 saturated heterocycles. The first-order valence-corrected chi connectivity index (χ1v) is 8.24. The predicted octanol–water partition coefficient (Wildman–Crippen LogP) is 4.62. The molecule has 2 aliphatic rings. The fourth-order valence-corrected chi connectivity index (χ4v) is 3.93. The minimum absolute atomic E-state index is 0.619. The van der Waals surface area contributed by atoms with Gasteiger partial charge < -0.3 is 5.32 Å². The molecule has 1 saturated carbocycles. The summed E-state index contributed by atoms with van der Waals surface area (Å²) in [6, 6.07) is 9.62. The molecule has 0 heterocycles. The Morgan fingerprint density at radius 1 is 1.00 bits per heavy atom. The van der Waals surface area contributed by atoms with Crippen LogP contribution in [-0.2, 0) is 6.42 Å². The lowest BCUT2D eigenvalue weighted by molar-refractivity contribution is 0.422. The monoisotopic (exact) mass is 257 g/mol. The van der Waals surface area contributed by atoms with E-state index in [2.05, 4.69) is 29.6 Å². The number of hydrogen-bond acceptors (Lipinski definition) is 1. The van der Waals surface area contributed by atoms with E-state index in [1.165, 1.54) is 64.3 Å². The van der Waals surface area contributed by atoms with Crippen molar-refractivity contribution in [2.24, 2.45) is 5.92 Å². The van der Waals surface area contributed by atoms with Gasteiger partial charge >= 0.3 is 0 Å². The van der Waals surface area contributed by atoms with Gasteiger partial charge in [-0.15, -0.1) is 0 Å². The summed E-state index contributed by atoms with van der Waals surface area (Å²) in [4.78, 5) is 0. The molecule has 0 bridgehead atoms. The average Bonchev–Trinajstić information content (AvgIpc) is 2.97. The van der Waals surface area contributed by atoms with Crippen molar-refractivity contribution in [2.45, 2.75) is 63.8 Å².